The van der Waals surface area contributed by atoms with Gasteiger partial charge >= 0.3 is 0 Å². The highest BCUT2D eigenvalue weighted by Crippen LogP contribution is 2.37. The Labute approximate surface area is 178 Å². The average molecular weight is 414 g/mol. The summed E-state index contributed by atoms with van der Waals surface area (Å²) in [4.78, 5) is 2.21. The van der Waals surface area contributed by atoms with Gasteiger partial charge in [-0.25, -0.2) is 0 Å². The lowest BCUT2D eigenvalue weighted by molar-refractivity contribution is -0.213. The second kappa shape index (κ2) is 13.3. The first-order chi connectivity index (χ1) is 13.9. The number of aliphatic hydroxyl groups is 3. The Morgan fingerprint density at radius 3 is 1.83 bits per heavy atom. The molecular formula is C24H47NO4. The topological polar surface area (TPSA) is 73.2 Å². The van der Waals surface area contributed by atoms with Crippen LogP contribution in [-0.4, -0.2) is 63.4 Å². The Bertz CT molecular complexity index is 431. The molecule has 5 atom stereocenters. The molecule has 172 valence electrons. The van der Waals surface area contributed by atoms with Gasteiger partial charge in [-0.2, -0.15) is 0 Å². The molecule has 2 fully saturated rings. The highest BCUT2D eigenvalue weighted by molar-refractivity contribution is 5.01. The third-order valence-electron chi connectivity index (χ3n) is 6.78. The molecule has 0 aliphatic carbocycles. The van der Waals surface area contributed by atoms with E-state index in [9.17, 15) is 15.3 Å². The van der Waals surface area contributed by atoms with Crippen molar-refractivity contribution in [2.24, 2.45) is 0 Å². The number of fused-ring (bicyclic) bond motifs is 1. The van der Waals surface area contributed by atoms with Gasteiger partial charge in [-0.15, -0.1) is 0 Å². The molecular weight excluding hydrogens is 366 g/mol. The van der Waals surface area contributed by atoms with Crippen molar-refractivity contribution in [3.05, 3.63) is 0 Å². The molecule has 0 aromatic heterocycles. The van der Waals surface area contributed by atoms with E-state index in [-0.39, 0.29) is 6.04 Å². The van der Waals surface area contributed by atoms with Gasteiger partial charge in [0.1, 0.15) is 12.2 Å². The maximum absolute atomic E-state index is 10.2. The van der Waals surface area contributed by atoms with E-state index in [0.717, 1.165) is 13.0 Å². The summed E-state index contributed by atoms with van der Waals surface area (Å²) >= 11 is 0. The number of rotatable bonds is 15. The van der Waals surface area contributed by atoms with Gasteiger partial charge in [0.05, 0.1) is 6.10 Å². The number of ether oxygens (including phenoxy) is 1. The molecule has 0 aromatic rings. The fourth-order valence-corrected chi connectivity index (χ4v) is 5.03. The van der Waals surface area contributed by atoms with Crippen LogP contribution in [0.2, 0.25) is 0 Å². The SMILES string of the molecule is CCCCCCCCCCCCCCCCN1C[C@@H](O)[C@@H](O)[C@H]2OC(C)(O)C[C@H]21. The van der Waals surface area contributed by atoms with Crippen LogP contribution in [-0.2, 0) is 4.74 Å². The molecule has 0 amide bonds. The minimum Gasteiger partial charge on any atom is -0.389 e. The van der Waals surface area contributed by atoms with E-state index >= 15 is 0 Å². The summed E-state index contributed by atoms with van der Waals surface area (Å²) in [5.74, 6) is -1.20. The van der Waals surface area contributed by atoms with Crippen LogP contribution in [0.1, 0.15) is 110 Å². The first kappa shape index (κ1) is 25.1. The lowest BCUT2D eigenvalue weighted by Crippen LogP contribution is -2.59. The average Bonchev–Trinajstić information content (AvgIpc) is 3.01. The van der Waals surface area contributed by atoms with E-state index in [1.807, 2.05) is 0 Å². The standard InChI is InChI=1S/C24H47NO4/c1-3-4-5-6-7-8-9-10-11-12-13-14-15-16-17-25-19-21(26)22(27)23-20(25)18-24(2,28)29-23/h20-23,26-28H,3-19H2,1-2H3/t20-,21-,22-,23+,24?/m1/s1. The third kappa shape index (κ3) is 8.82. The summed E-state index contributed by atoms with van der Waals surface area (Å²) in [6.07, 6.45) is 17.2. The molecule has 0 saturated carbocycles. The number of unbranched alkanes of at least 4 members (excludes halogenated alkanes) is 13. The van der Waals surface area contributed by atoms with Crippen LogP contribution >= 0.6 is 0 Å². The Morgan fingerprint density at radius 1 is 0.828 bits per heavy atom. The number of β-amino-alcohol motifs (C(OH)–C–C–N with tert-alkyl or cyclic N) is 1. The van der Waals surface area contributed by atoms with Crippen LogP contribution in [0.4, 0.5) is 0 Å². The molecule has 2 rings (SSSR count). The van der Waals surface area contributed by atoms with Crippen molar-refractivity contribution in [3.63, 3.8) is 0 Å². The van der Waals surface area contributed by atoms with Crippen LogP contribution in [0, 0.1) is 0 Å². The molecule has 0 bridgehead atoms. The predicted octanol–water partition coefficient (Wildman–Crippen LogP) is 4.37. The molecule has 2 heterocycles. The summed E-state index contributed by atoms with van der Waals surface area (Å²) in [5.41, 5.74) is 0. The normalized spacial score (nSPS) is 32.6. The minimum absolute atomic E-state index is 0.00497. The van der Waals surface area contributed by atoms with Gasteiger partial charge in [-0.05, 0) is 19.9 Å². The molecule has 2 saturated heterocycles. The van der Waals surface area contributed by atoms with Gasteiger partial charge in [-0.3, -0.25) is 4.90 Å². The van der Waals surface area contributed by atoms with Crippen LogP contribution < -0.4 is 0 Å². The number of nitrogens with zero attached hydrogens (tertiary/aromatic N) is 1. The summed E-state index contributed by atoms with van der Waals surface area (Å²) in [7, 11) is 0. The fraction of sp³-hybridized carbons (Fsp3) is 1.00. The van der Waals surface area contributed by atoms with Crippen molar-refractivity contribution in [2.75, 3.05) is 13.1 Å². The smallest absolute Gasteiger partial charge is 0.164 e. The molecule has 0 spiro atoms. The van der Waals surface area contributed by atoms with E-state index in [2.05, 4.69) is 11.8 Å². The summed E-state index contributed by atoms with van der Waals surface area (Å²) in [5, 5.41) is 30.5. The van der Waals surface area contributed by atoms with Gasteiger partial charge in [0.25, 0.3) is 0 Å². The van der Waals surface area contributed by atoms with Crippen molar-refractivity contribution in [3.8, 4) is 0 Å². The number of likely N-dealkylation sites (tertiary alicyclic amines) is 1. The lowest BCUT2D eigenvalue weighted by Gasteiger charge is -2.41. The Balaban J connectivity index is 1.46. The quantitative estimate of drug-likeness (QED) is 0.348. The number of piperidine rings is 1. The van der Waals surface area contributed by atoms with Crippen LogP contribution in [0.3, 0.4) is 0 Å². The van der Waals surface area contributed by atoms with Crippen molar-refractivity contribution in [1.29, 1.82) is 0 Å². The molecule has 3 N–H and O–H groups in total. The first-order valence-corrected chi connectivity index (χ1v) is 12.4. The number of aliphatic hydroxyl groups excluding tert-OH is 2. The highest BCUT2D eigenvalue weighted by atomic mass is 16.6. The van der Waals surface area contributed by atoms with Gasteiger partial charge < -0.3 is 20.1 Å². The molecule has 2 aliphatic heterocycles. The van der Waals surface area contributed by atoms with Crippen molar-refractivity contribution in [2.45, 2.75) is 140 Å². The predicted molar refractivity (Wildman–Crippen MR) is 118 cm³/mol. The minimum atomic E-state index is -1.20. The molecule has 1 unspecified atom stereocenters. The zero-order valence-electron chi connectivity index (χ0n) is 19.0. The van der Waals surface area contributed by atoms with E-state index in [1.165, 1.54) is 83.5 Å². The zero-order chi connectivity index (χ0) is 21.1. The van der Waals surface area contributed by atoms with E-state index in [1.54, 1.807) is 6.92 Å². The molecule has 29 heavy (non-hydrogen) atoms. The highest BCUT2D eigenvalue weighted by Gasteiger charge is 2.52. The molecule has 5 heteroatoms. The van der Waals surface area contributed by atoms with Crippen molar-refractivity contribution >= 4 is 0 Å². The second-order valence-corrected chi connectivity index (χ2v) is 9.68. The van der Waals surface area contributed by atoms with Gasteiger partial charge in [0.15, 0.2) is 5.79 Å². The van der Waals surface area contributed by atoms with Gasteiger partial charge in [0.2, 0.25) is 0 Å². The maximum atomic E-state index is 10.2. The van der Waals surface area contributed by atoms with Crippen LogP contribution in [0.15, 0.2) is 0 Å². The Kier molecular flexibility index (Phi) is 11.5. The fourth-order valence-electron chi connectivity index (χ4n) is 5.03. The monoisotopic (exact) mass is 413 g/mol. The molecule has 2 aliphatic rings. The second-order valence-electron chi connectivity index (χ2n) is 9.68. The maximum Gasteiger partial charge on any atom is 0.164 e. The third-order valence-corrected chi connectivity index (χ3v) is 6.78. The molecule has 0 aromatic carbocycles. The van der Waals surface area contributed by atoms with Crippen molar-refractivity contribution < 1.29 is 20.1 Å². The summed E-state index contributed by atoms with van der Waals surface area (Å²) in [6.45, 7) is 5.30. The molecule has 5 nitrogen and oxygen atoms in total. The van der Waals surface area contributed by atoms with E-state index in [0.29, 0.717) is 13.0 Å². The number of hydrogen-bond acceptors (Lipinski definition) is 5. The summed E-state index contributed by atoms with van der Waals surface area (Å²) < 4.78 is 5.59. The van der Waals surface area contributed by atoms with Gasteiger partial charge in [-0.1, -0.05) is 90.4 Å². The van der Waals surface area contributed by atoms with E-state index in [4.69, 9.17) is 4.74 Å². The van der Waals surface area contributed by atoms with E-state index < -0.39 is 24.1 Å². The lowest BCUT2D eigenvalue weighted by atomic mass is 9.92. The Morgan fingerprint density at radius 2 is 1.31 bits per heavy atom. The zero-order valence-corrected chi connectivity index (χ0v) is 19.0. The van der Waals surface area contributed by atoms with Gasteiger partial charge in [0, 0.05) is 19.0 Å². The summed E-state index contributed by atoms with van der Waals surface area (Å²) in [6, 6.07) is 0.00497. The first-order valence-electron chi connectivity index (χ1n) is 12.4. The van der Waals surface area contributed by atoms with Crippen molar-refractivity contribution in [1.82, 2.24) is 4.90 Å². The van der Waals surface area contributed by atoms with Crippen LogP contribution in [0.25, 0.3) is 0 Å². The van der Waals surface area contributed by atoms with Crippen LogP contribution in [0.5, 0.6) is 0 Å². The number of hydrogen-bond donors (Lipinski definition) is 3. The molecule has 0 radical (unpaired) electrons. The Hall–Kier alpha value is -0.200. The largest absolute Gasteiger partial charge is 0.389 e.